The van der Waals surface area contributed by atoms with Gasteiger partial charge in [-0.05, 0) is 12.0 Å². The third kappa shape index (κ3) is 5.81. The van der Waals surface area contributed by atoms with Crippen LogP contribution >= 0.6 is 7.60 Å². The molecule has 0 heterocycles. The Bertz CT molecular complexity index is 476. The standard InChI is InChI=1S/C12H19N2O5P/c13-10(8-9-4-2-1-3-5-9)12(16)14-7-6-11(15)20(17,18)19/h1-5,10-11,15H,6-8,13H2,(H,14,16)(H2,17,18,19)/t10-,11?/m0/s1. The molecule has 0 aliphatic carbocycles. The van der Waals surface area contributed by atoms with E-state index in [0.29, 0.717) is 6.42 Å². The van der Waals surface area contributed by atoms with Crippen LogP contribution in [-0.4, -0.2) is 39.2 Å². The van der Waals surface area contributed by atoms with E-state index in [1.165, 1.54) is 0 Å². The minimum Gasteiger partial charge on any atom is -0.380 e. The molecule has 1 aromatic rings. The molecule has 0 saturated carbocycles. The zero-order valence-electron chi connectivity index (χ0n) is 10.8. The summed E-state index contributed by atoms with van der Waals surface area (Å²) in [7, 11) is -4.52. The average Bonchev–Trinajstić information content (AvgIpc) is 2.38. The van der Waals surface area contributed by atoms with Crippen LogP contribution in [0.4, 0.5) is 0 Å². The highest BCUT2D eigenvalue weighted by Crippen LogP contribution is 2.40. The Kier molecular flexibility index (Phi) is 6.32. The lowest BCUT2D eigenvalue weighted by Crippen LogP contribution is -2.42. The van der Waals surface area contributed by atoms with E-state index in [9.17, 15) is 9.36 Å². The second-order valence-corrected chi connectivity index (χ2v) is 6.22. The minimum absolute atomic E-state index is 0.0480. The fourth-order valence-electron chi connectivity index (χ4n) is 1.58. The molecule has 1 rings (SSSR count). The van der Waals surface area contributed by atoms with Crippen molar-refractivity contribution in [1.29, 1.82) is 0 Å². The van der Waals surface area contributed by atoms with E-state index < -0.39 is 25.4 Å². The normalized spacial score (nSPS) is 14.6. The lowest BCUT2D eigenvalue weighted by Gasteiger charge is -2.15. The van der Waals surface area contributed by atoms with E-state index in [0.717, 1.165) is 5.56 Å². The van der Waals surface area contributed by atoms with Crippen LogP contribution in [0.25, 0.3) is 0 Å². The highest BCUT2D eigenvalue weighted by Gasteiger charge is 2.25. The van der Waals surface area contributed by atoms with Gasteiger partial charge in [-0.25, -0.2) is 0 Å². The number of nitrogens with two attached hydrogens (primary N) is 1. The van der Waals surface area contributed by atoms with Gasteiger partial charge in [-0.2, -0.15) is 0 Å². The van der Waals surface area contributed by atoms with Gasteiger partial charge in [0.2, 0.25) is 5.91 Å². The first-order valence-corrected chi connectivity index (χ1v) is 7.79. The zero-order valence-corrected chi connectivity index (χ0v) is 11.7. The number of aliphatic hydroxyl groups is 1. The van der Waals surface area contributed by atoms with Crippen LogP contribution in [0.1, 0.15) is 12.0 Å². The van der Waals surface area contributed by atoms with Crippen LogP contribution in [0.5, 0.6) is 0 Å². The minimum atomic E-state index is -4.52. The van der Waals surface area contributed by atoms with E-state index in [4.69, 9.17) is 20.6 Å². The van der Waals surface area contributed by atoms with E-state index in [1.54, 1.807) is 0 Å². The first-order valence-electron chi connectivity index (χ1n) is 6.11. The number of aliphatic hydroxyl groups excluding tert-OH is 1. The highest BCUT2D eigenvalue weighted by molar-refractivity contribution is 7.52. The third-order valence-electron chi connectivity index (χ3n) is 2.73. The van der Waals surface area contributed by atoms with Gasteiger partial charge in [-0.15, -0.1) is 0 Å². The topological polar surface area (TPSA) is 133 Å². The zero-order chi connectivity index (χ0) is 15.2. The molecule has 1 aromatic carbocycles. The van der Waals surface area contributed by atoms with Crippen molar-refractivity contribution in [3.63, 3.8) is 0 Å². The number of benzene rings is 1. The predicted molar refractivity (Wildman–Crippen MR) is 73.8 cm³/mol. The van der Waals surface area contributed by atoms with Crippen molar-refractivity contribution in [1.82, 2.24) is 5.32 Å². The van der Waals surface area contributed by atoms with Gasteiger partial charge in [0, 0.05) is 13.0 Å². The summed E-state index contributed by atoms with van der Waals surface area (Å²) in [4.78, 5) is 29.0. The van der Waals surface area contributed by atoms with Crippen LogP contribution in [0.15, 0.2) is 30.3 Å². The summed E-state index contributed by atoms with van der Waals surface area (Å²) in [6, 6.07) is 8.50. The van der Waals surface area contributed by atoms with Crippen molar-refractivity contribution < 1.29 is 24.3 Å². The number of hydrogen-bond acceptors (Lipinski definition) is 4. The Morgan fingerprint density at radius 1 is 1.30 bits per heavy atom. The first-order chi connectivity index (χ1) is 9.30. The van der Waals surface area contributed by atoms with Gasteiger partial charge in [0.05, 0.1) is 6.04 Å². The molecule has 20 heavy (non-hydrogen) atoms. The summed E-state index contributed by atoms with van der Waals surface area (Å²) >= 11 is 0. The van der Waals surface area contributed by atoms with E-state index in [-0.39, 0.29) is 13.0 Å². The second kappa shape index (κ2) is 7.52. The van der Waals surface area contributed by atoms with Crippen molar-refractivity contribution in [2.75, 3.05) is 6.54 Å². The molecular weight excluding hydrogens is 283 g/mol. The number of hydrogen-bond donors (Lipinski definition) is 5. The van der Waals surface area contributed by atoms with E-state index in [1.807, 2.05) is 30.3 Å². The van der Waals surface area contributed by atoms with Gasteiger partial charge in [0.25, 0.3) is 0 Å². The summed E-state index contributed by atoms with van der Waals surface area (Å²) in [6.45, 7) is -0.0480. The summed E-state index contributed by atoms with van der Waals surface area (Å²) in [5, 5.41) is 11.6. The van der Waals surface area contributed by atoms with E-state index in [2.05, 4.69) is 5.32 Å². The van der Waals surface area contributed by atoms with Crippen LogP contribution in [-0.2, 0) is 15.8 Å². The maximum absolute atomic E-state index is 11.7. The highest BCUT2D eigenvalue weighted by atomic mass is 31.2. The van der Waals surface area contributed by atoms with Crippen molar-refractivity contribution in [2.24, 2.45) is 5.73 Å². The van der Waals surface area contributed by atoms with E-state index >= 15 is 0 Å². The summed E-state index contributed by atoms with van der Waals surface area (Å²) in [5.41, 5.74) is 6.65. The van der Waals surface area contributed by atoms with Crippen LogP contribution in [0.2, 0.25) is 0 Å². The molecule has 0 aliphatic heterocycles. The van der Waals surface area contributed by atoms with Crippen LogP contribution in [0.3, 0.4) is 0 Å². The fraction of sp³-hybridized carbons (Fsp3) is 0.417. The number of carbonyl (C=O) groups is 1. The number of nitrogens with one attached hydrogen (secondary N) is 1. The molecule has 1 amide bonds. The Morgan fingerprint density at radius 3 is 2.45 bits per heavy atom. The Balaban J connectivity index is 2.34. The van der Waals surface area contributed by atoms with Crippen molar-refractivity contribution >= 4 is 13.5 Å². The maximum Gasteiger partial charge on any atom is 0.353 e. The predicted octanol–water partition coefficient (Wildman–Crippen LogP) is -0.441. The number of amides is 1. The lowest BCUT2D eigenvalue weighted by atomic mass is 10.1. The number of rotatable bonds is 7. The monoisotopic (exact) mass is 302 g/mol. The quantitative estimate of drug-likeness (QED) is 0.434. The van der Waals surface area contributed by atoms with Crippen molar-refractivity contribution in [3.8, 4) is 0 Å². The molecule has 7 nitrogen and oxygen atoms in total. The van der Waals surface area contributed by atoms with Gasteiger partial charge in [0.15, 0.2) is 5.85 Å². The average molecular weight is 302 g/mol. The van der Waals surface area contributed by atoms with Gasteiger partial charge in [-0.1, -0.05) is 30.3 Å². The van der Waals surface area contributed by atoms with Gasteiger partial charge >= 0.3 is 7.60 Å². The number of carbonyl (C=O) groups excluding carboxylic acids is 1. The molecule has 2 atom stereocenters. The van der Waals surface area contributed by atoms with Gasteiger partial charge in [0.1, 0.15) is 0 Å². The molecule has 1 unspecified atom stereocenters. The Labute approximate surface area is 117 Å². The van der Waals surface area contributed by atoms with Crippen molar-refractivity contribution in [3.05, 3.63) is 35.9 Å². The van der Waals surface area contributed by atoms with Gasteiger partial charge < -0.3 is 25.9 Å². The Hall–Kier alpha value is -1.24. The molecule has 0 fully saturated rings. The molecule has 8 heteroatoms. The third-order valence-corrected chi connectivity index (χ3v) is 3.76. The molecule has 0 aliphatic rings. The van der Waals surface area contributed by atoms with Gasteiger partial charge in [-0.3, -0.25) is 9.36 Å². The lowest BCUT2D eigenvalue weighted by molar-refractivity contribution is -0.122. The molecule has 0 bridgehead atoms. The first kappa shape index (κ1) is 16.8. The molecule has 0 spiro atoms. The SMILES string of the molecule is N[C@@H](Cc1ccccc1)C(=O)NCCC(O)P(=O)(O)O. The Morgan fingerprint density at radius 2 is 1.90 bits per heavy atom. The largest absolute Gasteiger partial charge is 0.380 e. The molecule has 6 N–H and O–H groups in total. The summed E-state index contributed by atoms with van der Waals surface area (Å²) in [5.74, 6) is -2.19. The fourth-order valence-corrected chi connectivity index (χ4v) is 2.05. The van der Waals surface area contributed by atoms with Crippen molar-refractivity contribution in [2.45, 2.75) is 24.7 Å². The molecule has 0 aromatic heterocycles. The molecule has 0 saturated heterocycles. The summed E-state index contributed by atoms with van der Waals surface area (Å²) in [6.07, 6.45) is 0.141. The second-order valence-electron chi connectivity index (χ2n) is 4.45. The summed E-state index contributed by atoms with van der Waals surface area (Å²) < 4.78 is 10.7. The molecular formula is C12H19N2O5P. The maximum atomic E-state index is 11.7. The molecule has 0 radical (unpaired) electrons. The van der Waals surface area contributed by atoms with Crippen LogP contribution < -0.4 is 11.1 Å². The van der Waals surface area contributed by atoms with Crippen LogP contribution in [0, 0.1) is 0 Å². The molecule has 112 valence electrons. The smallest absolute Gasteiger partial charge is 0.353 e.